The molecule has 1 heterocycles. The van der Waals surface area contributed by atoms with Crippen LogP contribution in [0.3, 0.4) is 0 Å². The molecule has 1 aromatic rings. The molecule has 2 heteroatoms. The van der Waals surface area contributed by atoms with Crippen molar-refractivity contribution in [3.63, 3.8) is 0 Å². The highest BCUT2D eigenvalue weighted by Gasteiger charge is 2.02. The molecule has 0 bridgehead atoms. The second-order valence-corrected chi connectivity index (χ2v) is 2.97. The lowest BCUT2D eigenvalue weighted by molar-refractivity contribution is 0.516. The second-order valence-electron chi connectivity index (χ2n) is 2.97. The Morgan fingerprint density at radius 1 is 1.25 bits per heavy atom. The zero-order valence-corrected chi connectivity index (χ0v) is 9.05. The molecule has 0 radical (unpaired) electrons. The van der Waals surface area contributed by atoms with Crippen molar-refractivity contribution in [2.75, 3.05) is 0 Å². The monoisotopic (exact) mass is 168 g/mol. The lowest BCUT2D eigenvalue weighted by atomic mass is 10.3. The fraction of sp³-hybridized carbons (Fsp3) is 0.700. The molecule has 1 rings (SSSR count). The summed E-state index contributed by atoms with van der Waals surface area (Å²) in [5.41, 5.74) is 2.35. The highest BCUT2D eigenvalue weighted by Crippen LogP contribution is 2.08. The van der Waals surface area contributed by atoms with Gasteiger partial charge in [-0.3, -0.25) is 4.68 Å². The Balaban J connectivity index is 0.000000561. The number of rotatable bonds is 1. The summed E-state index contributed by atoms with van der Waals surface area (Å²) in [5, 5.41) is 4.33. The van der Waals surface area contributed by atoms with Crippen LogP contribution in [0.5, 0.6) is 0 Å². The topological polar surface area (TPSA) is 17.8 Å². The van der Waals surface area contributed by atoms with E-state index in [1.54, 1.807) is 0 Å². The van der Waals surface area contributed by atoms with E-state index in [0.29, 0.717) is 6.04 Å². The number of hydrogen-bond donors (Lipinski definition) is 0. The van der Waals surface area contributed by atoms with Crippen LogP contribution in [0.1, 0.15) is 45.1 Å². The largest absolute Gasteiger partial charge is 0.267 e. The van der Waals surface area contributed by atoms with Crippen LogP contribution in [0.4, 0.5) is 0 Å². The van der Waals surface area contributed by atoms with E-state index in [1.807, 2.05) is 25.5 Å². The number of aromatic nitrogens is 2. The summed E-state index contributed by atoms with van der Waals surface area (Å²) in [7, 11) is 0. The predicted octanol–water partition coefficient (Wildman–Crippen LogP) is 3.11. The van der Waals surface area contributed by atoms with Crippen molar-refractivity contribution in [2.45, 2.75) is 47.6 Å². The van der Waals surface area contributed by atoms with Gasteiger partial charge < -0.3 is 0 Å². The summed E-state index contributed by atoms with van der Waals surface area (Å²) in [5.74, 6) is 0. The third-order valence-corrected chi connectivity index (χ3v) is 1.53. The van der Waals surface area contributed by atoms with Gasteiger partial charge in [-0.05, 0) is 33.8 Å². The SMILES string of the molecule is CC.Cc1cc(C)n(C(C)C)n1. The van der Waals surface area contributed by atoms with Crippen LogP contribution < -0.4 is 0 Å². The van der Waals surface area contributed by atoms with Gasteiger partial charge in [0.2, 0.25) is 0 Å². The third-order valence-electron chi connectivity index (χ3n) is 1.53. The van der Waals surface area contributed by atoms with Crippen LogP contribution in [0.25, 0.3) is 0 Å². The maximum absolute atomic E-state index is 4.33. The quantitative estimate of drug-likeness (QED) is 0.630. The van der Waals surface area contributed by atoms with E-state index in [4.69, 9.17) is 0 Å². The minimum absolute atomic E-state index is 0.480. The van der Waals surface area contributed by atoms with Crippen LogP contribution in [0, 0.1) is 13.8 Å². The van der Waals surface area contributed by atoms with Crippen LogP contribution in [-0.4, -0.2) is 9.78 Å². The van der Waals surface area contributed by atoms with Crippen molar-refractivity contribution in [3.05, 3.63) is 17.5 Å². The van der Waals surface area contributed by atoms with Crippen LogP contribution in [0.2, 0.25) is 0 Å². The standard InChI is InChI=1S/C8H14N2.C2H6/c1-6(2)10-8(4)5-7(3)9-10;1-2/h5-6H,1-4H3;1-2H3. The third kappa shape index (κ3) is 2.68. The maximum atomic E-state index is 4.33. The highest BCUT2D eigenvalue weighted by molar-refractivity contribution is 5.07. The molecular weight excluding hydrogens is 148 g/mol. The van der Waals surface area contributed by atoms with Gasteiger partial charge in [0.25, 0.3) is 0 Å². The first-order chi connectivity index (χ1) is 5.61. The Morgan fingerprint density at radius 2 is 1.75 bits per heavy atom. The first-order valence-electron chi connectivity index (χ1n) is 4.64. The summed E-state index contributed by atoms with van der Waals surface area (Å²) in [6.07, 6.45) is 0. The molecular formula is C10H20N2. The van der Waals surface area contributed by atoms with Crippen molar-refractivity contribution >= 4 is 0 Å². The van der Waals surface area contributed by atoms with Gasteiger partial charge in [-0.1, -0.05) is 13.8 Å². The molecule has 0 atom stereocenters. The van der Waals surface area contributed by atoms with E-state index >= 15 is 0 Å². The molecule has 0 aliphatic rings. The van der Waals surface area contributed by atoms with E-state index < -0.39 is 0 Å². The van der Waals surface area contributed by atoms with Crippen molar-refractivity contribution in [3.8, 4) is 0 Å². The van der Waals surface area contributed by atoms with E-state index in [0.717, 1.165) is 5.69 Å². The molecule has 70 valence electrons. The van der Waals surface area contributed by atoms with Gasteiger partial charge in [-0.25, -0.2) is 0 Å². The summed E-state index contributed by atoms with van der Waals surface area (Å²) >= 11 is 0. The summed E-state index contributed by atoms with van der Waals surface area (Å²) < 4.78 is 2.04. The molecule has 1 aromatic heterocycles. The number of aryl methyl sites for hydroxylation is 2. The average molecular weight is 168 g/mol. The van der Waals surface area contributed by atoms with Crippen molar-refractivity contribution in [2.24, 2.45) is 0 Å². The molecule has 0 amide bonds. The fourth-order valence-corrected chi connectivity index (χ4v) is 1.17. The van der Waals surface area contributed by atoms with Crippen LogP contribution in [0.15, 0.2) is 6.07 Å². The van der Waals surface area contributed by atoms with Gasteiger partial charge in [-0.2, -0.15) is 5.10 Å². The van der Waals surface area contributed by atoms with Gasteiger partial charge in [0.05, 0.1) is 5.69 Å². The van der Waals surface area contributed by atoms with Gasteiger partial charge in [0.15, 0.2) is 0 Å². The molecule has 0 spiro atoms. The van der Waals surface area contributed by atoms with Crippen LogP contribution >= 0.6 is 0 Å². The van der Waals surface area contributed by atoms with Gasteiger partial charge in [0.1, 0.15) is 0 Å². The van der Waals surface area contributed by atoms with Gasteiger partial charge in [-0.15, -0.1) is 0 Å². The number of nitrogens with zero attached hydrogens (tertiary/aromatic N) is 2. The van der Waals surface area contributed by atoms with E-state index in [9.17, 15) is 0 Å². The zero-order chi connectivity index (χ0) is 9.72. The van der Waals surface area contributed by atoms with Gasteiger partial charge in [0, 0.05) is 11.7 Å². The van der Waals surface area contributed by atoms with Crippen molar-refractivity contribution in [1.29, 1.82) is 0 Å². The Kier molecular flexibility index (Phi) is 4.64. The van der Waals surface area contributed by atoms with Crippen molar-refractivity contribution < 1.29 is 0 Å². The maximum Gasteiger partial charge on any atom is 0.0596 e. The molecule has 0 unspecified atom stereocenters. The predicted molar refractivity (Wildman–Crippen MR) is 53.4 cm³/mol. The Bertz CT molecular complexity index is 224. The average Bonchev–Trinajstić information content (AvgIpc) is 2.34. The highest BCUT2D eigenvalue weighted by atomic mass is 15.3. The Morgan fingerprint density at radius 3 is 1.92 bits per heavy atom. The lowest BCUT2D eigenvalue weighted by Crippen LogP contribution is -2.04. The molecule has 0 fully saturated rings. The second kappa shape index (κ2) is 4.96. The summed E-state index contributed by atoms with van der Waals surface area (Å²) in [4.78, 5) is 0. The van der Waals surface area contributed by atoms with E-state index in [-0.39, 0.29) is 0 Å². The Hall–Kier alpha value is -0.790. The fourth-order valence-electron chi connectivity index (χ4n) is 1.17. The minimum Gasteiger partial charge on any atom is -0.267 e. The molecule has 0 N–H and O–H groups in total. The number of hydrogen-bond acceptors (Lipinski definition) is 1. The summed E-state index contributed by atoms with van der Waals surface area (Å²) in [6.45, 7) is 12.4. The smallest absolute Gasteiger partial charge is 0.0596 e. The van der Waals surface area contributed by atoms with Crippen LogP contribution in [-0.2, 0) is 0 Å². The molecule has 0 saturated carbocycles. The van der Waals surface area contributed by atoms with E-state index in [1.165, 1.54) is 5.69 Å². The molecule has 0 aliphatic carbocycles. The lowest BCUT2D eigenvalue weighted by Gasteiger charge is -2.06. The van der Waals surface area contributed by atoms with E-state index in [2.05, 4.69) is 31.9 Å². The van der Waals surface area contributed by atoms with Crippen molar-refractivity contribution in [1.82, 2.24) is 9.78 Å². The molecule has 0 aromatic carbocycles. The zero-order valence-electron chi connectivity index (χ0n) is 9.05. The molecule has 0 aliphatic heterocycles. The molecule has 2 nitrogen and oxygen atoms in total. The van der Waals surface area contributed by atoms with Gasteiger partial charge >= 0.3 is 0 Å². The summed E-state index contributed by atoms with van der Waals surface area (Å²) in [6, 6.07) is 2.58. The normalized spacial score (nSPS) is 9.58. The minimum atomic E-state index is 0.480. The first kappa shape index (κ1) is 11.2. The molecule has 12 heavy (non-hydrogen) atoms. The molecule has 0 saturated heterocycles. The Labute approximate surface area is 75.6 Å². The first-order valence-corrected chi connectivity index (χ1v) is 4.64.